The maximum absolute atomic E-state index is 12.0. The van der Waals surface area contributed by atoms with Crippen LogP contribution in [0.4, 0.5) is 0 Å². The maximum Gasteiger partial charge on any atom is 0.247 e. The van der Waals surface area contributed by atoms with Crippen LogP contribution in [0.5, 0.6) is 0 Å². The van der Waals surface area contributed by atoms with E-state index in [9.17, 15) is 8.42 Å². The molecular formula is C14H22N2O3S. The molecule has 1 fully saturated rings. The van der Waals surface area contributed by atoms with Gasteiger partial charge in [0.15, 0.2) is 0 Å². The fourth-order valence-corrected chi connectivity index (χ4v) is 3.29. The monoisotopic (exact) mass is 298 g/mol. The lowest BCUT2D eigenvalue weighted by Crippen LogP contribution is -2.20. The zero-order chi connectivity index (χ0) is 14.4. The Morgan fingerprint density at radius 2 is 1.75 bits per heavy atom. The number of hydrogen-bond acceptors (Lipinski definition) is 5. The molecule has 0 spiro atoms. The van der Waals surface area contributed by atoms with Gasteiger partial charge in [-0.2, -0.15) is 0 Å². The molecule has 0 aromatic carbocycles. The van der Waals surface area contributed by atoms with Gasteiger partial charge in [0.25, 0.3) is 0 Å². The normalized spacial score (nSPS) is 17.9. The van der Waals surface area contributed by atoms with Crippen LogP contribution in [0.2, 0.25) is 0 Å². The third kappa shape index (κ3) is 4.52. The number of aryl methyl sites for hydroxylation is 1. The van der Waals surface area contributed by atoms with Crippen molar-refractivity contribution in [3.05, 3.63) is 18.0 Å². The highest BCUT2D eigenvalue weighted by atomic mass is 32.2. The van der Waals surface area contributed by atoms with Crippen LogP contribution >= 0.6 is 0 Å². The van der Waals surface area contributed by atoms with Gasteiger partial charge in [0.2, 0.25) is 15.0 Å². The highest BCUT2D eigenvalue weighted by Crippen LogP contribution is 2.19. The molecule has 0 saturated heterocycles. The quantitative estimate of drug-likeness (QED) is 0.616. The number of ether oxygens (including phenoxy) is 1. The molecule has 1 aromatic rings. The Morgan fingerprint density at radius 1 is 1.15 bits per heavy atom. The van der Waals surface area contributed by atoms with Crippen molar-refractivity contribution in [1.82, 2.24) is 9.97 Å². The van der Waals surface area contributed by atoms with Crippen LogP contribution in [0, 0.1) is 6.92 Å². The average molecular weight is 298 g/mol. The molecule has 2 rings (SSSR count). The first kappa shape index (κ1) is 15.4. The fraction of sp³-hybridized carbons (Fsp3) is 0.714. The van der Waals surface area contributed by atoms with Gasteiger partial charge in [-0.05, 0) is 25.3 Å². The van der Waals surface area contributed by atoms with Crippen molar-refractivity contribution in [2.75, 3.05) is 12.4 Å². The first-order valence-electron chi connectivity index (χ1n) is 7.21. The van der Waals surface area contributed by atoms with E-state index >= 15 is 0 Å². The summed E-state index contributed by atoms with van der Waals surface area (Å²) in [5.41, 5.74) is 0.846. The van der Waals surface area contributed by atoms with Crippen molar-refractivity contribution in [2.24, 2.45) is 0 Å². The van der Waals surface area contributed by atoms with Crippen LogP contribution in [0.3, 0.4) is 0 Å². The number of hydrogen-bond donors (Lipinski definition) is 0. The first-order chi connectivity index (χ1) is 9.58. The summed E-state index contributed by atoms with van der Waals surface area (Å²) >= 11 is 0. The predicted octanol–water partition coefficient (Wildman–Crippen LogP) is 2.30. The Kier molecular flexibility index (Phi) is 5.48. The molecule has 0 amide bonds. The topological polar surface area (TPSA) is 69.2 Å². The third-order valence-electron chi connectivity index (χ3n) is 3.54. The summed E-state index contributed by atoms with van der Waals surface area (Å²) in [6.45, 7) is 2.05. The molecule has 0 unspecified atom stereocenters. The van der Waals surface area contributed by atoms with Crippen LogP contribution in [-0.4, -0.2) is 36.8 Å². The lowest BCUT2D eigenvalue weighted by Gasteiger charge is -2.14. The summed E-state index contributed by atoms with van der Waals surface area (Å²) in [5, 5.41) is -0.104. The zero-order valence-corrected chi connectivity index (χ0v) is 12.7. The number of nitrogens with zero attached hydrogens (tertiary/aromatic N) is 2. The van der Waals surface area contributed by atoms with Crippen LogP contribution in [0.25, 0.3) is 0 Å². The minimum Gasteiger partial charge on any atom is -0.377 e. The van der Waals surface area contributed by atoms with Crippen molar-refractivity contribution in [3.63, 3.8) is 0 Å². The van der Waals surface area contributed by atoms with Gasteiger partial charge in [-0.25, -0.2) is 18.4 Å². The minimum atomic E-state index is -3.43. The Hall–Kier alpha value is -1.01. The molecule has 0 N–H and O–H groups in total. The molecule has 1 aliphatic carbocycles. The third-order valence-corrected chi connectivity index (χ3v) is 5.01. The van der Waals surface area contributed by atoms with E-state index in [2.05, 4.69) is 9.97 Å². The van der Waals surface area contributed by atoms with E-state index in [-0.39, 0.29) is 23.6 Å². The predicted molar refractivity (Wildman–Crippen MR) is 76.3 cm³/mol. The molecule has 1 heterocycles. The second-order valence-electron chi connectivity index (χ2n) is 5.35. The van der Waals surface area contributed by atoms with Crippen molar-refractivity contribution in [2.45, 2.75) is 56.7 Å². The summed E-state index contributed by atoms with van der Waals surface area (Å²) in [5.74, 6) is -0.0490. The largest absolute Gasteiger partial charge is 0.377 e. The van der Waals surface area contributed by atoms with Crippen LogP contribution in [0.15, 0.2) is 17.6 Å². The van der Waals surface area contributed by atoms with E-state index in [4.69, 9.17) is 4.74 Å². The Morgan fingerprint density at radius 3 is 2.35 bits per heavy atom. The van der Waals surface area contributed by atoms with Crippen LogP contribution in [0.1, 0.15) is 44.1 Å². The summed E-state index contributed by atoms with van der Waals surface area (Å²) < 4.78 is 29.8. The van der Waals surface area contributed by atoms with Gasteiger partial charge in [-0.1, -0.05) is 25.7 Å². The highest BCUT2D eigenvalue weighted by Gasteiger charge is 2.19. The molecule has 5 nitrogen and oxygen atoms in total. The Bertz CT molecular complexity index is 506. The standard InChI is InChI=1S/C14H22N2O3S/c1-12-10-15-14(16-11-12)20(17,18)9-8-19-13-6-4-2-3-5-7-13/h10-11,13H,2-9H2,1H3. The van der Waals surface area contributed by atoms with Crippen LogP contribution in [-0.2, 0) is 14.6 Å². The molecule has 0 atom stereocenters. The van der Waals surface area contributed by atoms with Gasteiger partial charge in [0, 0.05) is 12.4 Å². The molecule has 112 valence electrons. The van der Waals surface area contributed by atoms with E-state index < -0.39 is 9.84 Å². The molecule has 0 aliphatic heterocycles. The minimum absolute atomic E-state index is 0.0490. The van der Waals surface area contributed by atoms with E-state index in [0.29, 0.717) is 0 Å². The van der Waals surface area contributed by atoms with Crippen molar-refractivity contribution in [1.29, 1.82) is 0 Å². The second-order valence-corrected chi connectivity index (χ2v) is 7.35. The summed E-state index contributed by atoms with van der Waals surface area (Å²) in [4.78, 5) is 7.75. The van der Waals surface area contributed by atoms with E-state index in [0.717, 1.165) is 18.4 Å². The van der Waals surface area contributed by atoms with Gasteiger partial charge in [-0.15, -0.1) is 0 Å². The molecule has 20 heavy (non-hydrogen) atoms. The van der Waals surface area contributed by atoms with Gasteiger partial charge in [-0.3, -0.25) is 0 Å². The summed E-state index contributed by atoms with van der Waals surface area (Å²) in [6, 6.07) is 0. The molecule has 6 heteroatoms. The summed E-state index contributed by atoms with van der Waals surface area (Å²) in [6.07, 6.45) is 10.2. The molecular weight excluding hydrogens is 276 g/mol. The zero-order valence-electron chi connectivity index (χ0n) is 11.9. The lowest BCUT2D eigenvalue weighted by molar-refractivity contribution is 0.0536. The highest BCUT2D eigenvalue weighted by molar-refractivity contribution is 7.91. The Balaban J connectivity index is 1.84. The summed E-state index contributed by atoms with van der Waals surface area (Å²) in [7, 11) is -3.43. The molecule has 1 aliphatic rings. The SMILES string of the molecule is Cc1cnc(S(=O)(=O)CCOC2CCCCCC2)nc1. The number of rotatable bonds is 5. The molecule has 1 saturated carbocycles. The average Bonchev–Trinajstić information content (AvgIpc) is 2.68. The maximum atomic E-state index is 12.0. The van der Waals surface area contributed by atoms with Gasteiger partial charge in [0.05, 0.1) is 18.5 Å². The van der Waals surface area contributed by atoms with Gasteiger partial charge < -0.3 is 4.74 Å². The smallest absolute Gasteiger partial charge is 0.247 e. The van der Waals surface area contributed by atoms with Crippen molar-refractivity contribution in [3.8, 4) is 0 Å². The van der Waals surface area contributed by atoms with E-state index in [1.807, 2.05) is 6.92 Å². The van der Waals surface area contributed by atoms with Crippen molar-refractivity contribution >= 4 is 9.84 Å². The van der Waals surface area contributed by atoms with E-state index in [1.54, 1.807) is 0 Å². The lowest BCUT2D eigenvalue weighted by atomic mass is 10.1. The molecule has 0 radical (unpaired) electrons. The van der Waals surface area contributed by atoms with Crippen LogP contribution < -0.4 is 0 Å². The fourth-order valence-electron chi connectivity index (χ4n) is 2.37. The second kappa shape index (κ2) is 7.13. The first-order valence-corrected chi connectivity index (χ1v) is 8.86. The van der Waals surface area contributed by atoms with Gasteiger partial charge in [0.1, 0.15) is 0 Å². The van der Waals surface area contributed by atoms with Crippen molar-refractivity contribution < 1.29 is 13.2 Å². The number of sulfone groups is 1. The van der Waals surface area contributed by atoms with E-state index in [1.165, 1.54) is 38.1 Å². The molecule has 0 bridgehead atoms. The molecule has 1 aromatic heterocycles. The van der Waals surface area contributed by atoms with Gasteiger partial charge >= 0.3 is 0 Å². The Labute approximate surface area is 120 Å². The number of aromatic nitrogens is 2.